The van der Waals surface area contributed by atoms with Crippen LogP contribution >= 0.6 is 0 Å². The van der Waals surface area contributed by atoms with Gasteiger partial charge in [-0.25, -0.2) is 0 Å². The van der Waals surface area contributed by atoms with Crippen LogP contribution in [0.4, 0.5) is 0 Å². The highest BCUT2D eigenvalue weighted by Crippen LogP contribution is 2.61. The molecule has 0 aliphatic heterocycles. The van der Waals surface area contributed by atoms with Crippen LogP contribution in [0, 0.1) is 23.2 Å². The summed E-state index contributed by atoms with van der Waals surface area (Å²) in [4.78, 5) is 12.8. The zero-order valence-electron chi connectivity index (χ0n) is 17.2. The zero-order valence-corrected chi connectivity index (χ0v) is 17.2. The highest BCUT2D eigenvalue weighted by molar-refractivity contribution is 5.72. The third-order valence-corrected chi connectivity index (χ3v) is 8.82. The van der Waals surface area contributed by atoms with Crippen molar-refractivity contribution in [2.24, 2.45) is 23.2 Å². The number of benzene rings is 1. The van der Waals surface area contributed by atoms with Crippen molar-refractivity contribution in [3.8, 4) is 5.75 Å². The molecule has 1 aromatic rings. The fourth-order valence-electron chi connectivity index (χ4n) is 7.29. The lowest BCUT2D eigenvalue weighted by Gasteiger charge is -2.50. The number of aryl methyl sites for hydroxylation is 1. The minimum atomic E-state index is 0.0955. The van der Waals surface area contributed by atoms with E-state index in [4.69, 9.17) is 4.74 Å². The second-order valence-electron chi connectivity index (χ2n) is 10.2. The van der Waals surface area contributed by atoms with Gasteiger partial charge in [-0.2, -0.15) is 0 Å². The third kappa shape index (κ3) is 2.97. The summed E-state index contributed by atoms with van der Waals surface area (Å²) >= 11 is 0. The molecule has 0 unspecified atom stereocenters. The molecule has 28 heavy (non-hydrogen) atoms. The Morgan fingerprint density at radius 3 is 2.71 bits per heavy atom. The number of hydrogen-bond donors (Lipinski definition) is 1. The van der Waals surface area contributed by atoms with Gasteiger partial charge in [-0.3, -0.25) is 4.79 Å². The van der Waals surface area contributed by atoms with Gasteiger partial charge in [0.2, 0.25) is 0 Å². The molecule has 1 N–H and O–H groups in total. The monoisotopic (exact) mass is 382 g/mol. The number of hydrogen-bond acceptors (Lipinski definition) is 3. The molecular formula is C25H34O3. The average molecular weight is 383 g/mol. The van der Waals surface area contributed by atoms with Gasteiger partial charge in [0, 0.05) is 5.41 Å². The average Bonchev–Trinajstić information content (AvgIpc) is 3.04. The molecule has 0 heterocycles. The van der Waals surface area contributed by atoms with Gasteiger partial charge in [-0.1, -0.05) is 32.3 Å². The summed E-state index contributed by atoms with van der Waals surface area (Å²) in [5.74, 6) is 2.63. The summed E-state index contributed by atoms with van der Waals surface area (Å²) in [6.07, 6.45) is 12.7. The van der Waals surface area contributed by atoms with E-state index in [0.717, 1.165) is 32.1 Å². The van der Waals surface area contributed by atoms with Gasteiger partial charge in [-0.15, -0.1) is 0 Å². The van der Waals surface area contributed by atoms with Crippen molar-refractivity contribution in [3.63, 3.8) is 0 Å². The summed E-state index contributed by atoms with van der Waals surface area (Å²) in [6, 6.07) is 6.00. The maximum Gasteiger partial charge on any atom is 0.309 e. The summed E-state index contributed by atoms with van der Waals surface area (Å²) in [5, 5.41) is 9.85. The van der Waals surface area contributed by atoms with Crippen LogP contribution in [0.5, 0.6) is 5.75 Å². The molecule has 152 valence electrons. The summed E-state index contributed by atoms with van der Waals surface area (Å²) in [6.45, 7) is 2.41. The smallest absolute Gasteiger partial charge is 0.309 e. The number of fused-ring (bicyclic) bond motifs is 5. The molecule has 0 aromatic heterocycles. The summed E-state index contributed by atoms with van der Waals surface area (Å²) in [5.41, 5.74) is 2.97. The summed E-state index contributed by atoms with van der Waals surface area (Å²) in [7, 11) is 0. The Kier molecular flexibility index (Phi) is 4.68. The predicted octanol–water partition coefficient (Wildman–Crippen LogP) is 5.74. The van der Waals surface area contributed by atoms with Gasteiger partial charge >= 0.3 is 5.97 Å². The van der Waals surface area contributed by atoms with Crippen molar-refractivity contribution in [1.29, 1.82) is 0 Å². The Labute approximate surface area is 168 Å². The Bertz CT molecular complexity index is 750. The highest BCUT2D eigenvalue weighted by Gasteiger charge is 2.56. The molecule has 0 bridgehead atoms. The quantitative estimate of drug-likeness (QED) is 0.663. The van der Waals surface area contributed by atoms with Gasteiger partial charge in [0.25, 0.3) is 0 Å². The van der Waals surface area contributed by atoms with E-state index in [1.807, 2.05) is 12.1 Å². The normalized spacial score (nSPS) is 37.6. The van der Waals surface area contributed by atoms with E-state index in [1.165, 1.54) is 49.7 Å². The molecule has 3 heteroatoms. The molecule has 0 radical (unpaired) electrons. The standard InChI is InChI=1S/C25H34O3/c1-25-14-13-20-19-10-8-18(26)15-17(19)7-9-21(20)22(25)11-12-23(25)28-24(27)16-5-3-2-4-6-16/h8,10,15-16,20-23,26H,2-7,9,11-14H2,1H3/t20-,21-,22+,23+,25+/m1/s1. The Morgan fingerprint density at radius 2 is 1.89 bits per heavy atom. The molecule has 0 saturated heterocycles. The van der Waals surface area contributed by atoms with Crippen LogP contribution in [0.2, 0.25) is 0 Å². The maximum atomic E-state index is 12.8. The van der Waals surface area contributed by atoms with Crippen LogP contribution in [-0.4, -0.2) is 17.2 Å². The van der Waals surface area contributed by atoms with Crippen molar-refractivity contribution in [3.05, 3.63) is 29.3 Å². The molecular weight excluding hydrogens is 348 g/mol. The molecule has 0 amide bonds. The minimum Gasteiger partial charge on any atom is -0.508 e. The molecule has 5 rings (SSSR count). The lowest BCUT2D eigenvalue weighted by molar-refractivity contribution is -0.163. The van der Waals surface area contributed by atoms with Crippen molar-refractivity contribution in [1.82, 2.24) is 0 Å². The first kappa shape index (κ1) is 18.5. The first-order chi connectivity index (χ1) is 13.6. The molecule has 4 aliphatic carbocycles. The van der Waals surface area contributed by atoms with E-state index in [-0.39, 0.29) is 23.4 Å². The maximum absolute atomic E-state index is 12.8. The fourth-order valence-corrected chi connectivity index (χ4v) is 7.29. The van der Waals surface area contributed by atoms with E-state index < -0.39 is 0 Å². The predicted molar refractivity (Wildman–Crippen MR) is 109 cm³/mol. The van der Waals surface area contributed by atoms with Crippen molar-refractivity contribution >= 4 is 5.97 Å². The van der Waals surface area contributed by atoms with E-state index in [9.17, 15) is 9.90 Å². The SMILES string of the molecule is C[C@]12CC[C@@H]3c4ccc(O)cc4CC[C@H]3[C@@H]1CC[C@@H]2OC(=O)C1CCCCC1. The second kappa shape index (κ2) is 7.07. The molecule has 1 aromatic carbocycles. The number of phenolic OH excluding ortho intramolecular Hbond substituents is 1. The van der Waals surface area contributed by atoms with Crippen LogP contribution in [0.1, 0.15) is 88.2 Å². The number of esters is 1. The molecule has 0 spiro atoms. The van der Waals surface area contributed by atoms with Crippen LogP contribution in [-0.2, 0) is 16.0 Å². The Hall–Kier alpha value is -1.51. The Morgan fingerprint density at radius 1 is 1.07 bits per heavy atom. The summed E-state index contributed by atoms with van der Waals surface area (Å²) < 4.78 is 6.22. The zero-order chi connectivity index (χ0) is 19.3. The van der Waals surface area contributed by atoms with E-state index >= 15 is 0 Å². The van der Waals surface area contributed by atoms with Crippen molar-refractivity contribution < 1.29 is 14.6 Å². The number of carbonyl (C=O) groups excluding carboxylic acids is 1. The van der Waals surface area contributed by atoms with E-state index in [1.54, 1.807) is 0 Å². The molecule has 3 nitrogen and oxygen atoms in total. The van der Waals surface area contributed by atoms with Crippen LogP contribution in [0.3, 0.4) is 0 Å². The second-order valence-corrected chi connectivity index (χ2v) is 10.2. The lowest BCUT2D eigenvalue weighted by Crippen LogP contribution is -2.45. The highest BCUT2D eigenvalue weighted by atomic mass is 16.5. The number of phenols is 1. The van der Waals surface area contributed by atoms with E-state index in [0.29, 0.717) is 23.5 Å². The number of ether oxygens (including phenoxy) is 1. The first-order valence-electron chi connectivity index (χ1n) is 11.6. The number of rotatable bonds is 2. The fraction of sp³-hybridized carbons (Fsp3) is 0.720. The lowest BCUT2D eigenvalue weighted by atomic mass is 9.55. The van der Waals surface area contributed by atoms with Gasteiger partial charge in [-0.05, 0) is 92.4 Å². The minimum absolute atomic E-state index is 0.0955. The van der Waals surface area contributed by atoms with Gasteiger partial charge in [0.15, 0.2) is 0 Å². The molecule has 5 atom stereocenters. The topological polar surface area (TPSA) is 46.5 Å². The van der Waals surface area contributed by atoms with E-state index in [2.05, 4.69) is 13.0 Å². The molecule has 3 fully saturated rings. The molecule has 3 saturated carbocycles. The van der Waals surface area contributed by atoms with Gasteiger partial charge < -0.3 is 9.84 Å². The third-order valence-electron chi connectivity index (χ3n) is 8.82. The van der Waals surface area contributed by atoms with Gasteiger partial charge in [0.05, 0.1) is 5.92 Å². The number of aromatic hydroxyl groups is 1. The first-order valence-corrected chi connectivity index (χ1v) is 11.6. The number of carbonyl (C=O) groups is 1. The van der Waals surface area contributed by atoms with Gasteiger partial charge in [0.1, 0.15) is 11.9 Å². The molecule has 4 aliphatic rings. The van der Waals surface area contributed by atoms with Crippen molar-refractivity contribution in [2.45, 2.75) is 89.6 Å². The Balaban J connectivity index is 1.33. The largest absolute Gasteiger partial charge is 0.508 e. The van der Waals surface area contributed by atoms with Crippen LogP contribution in [0.25, 0.3) is 0 Å². The van der Waals surface area contributed by atoms with Crippen LogP contribution < -0.4 is 0 Å². The van der Waals surface area contributed by atoms with Crippen LogP contribution in [0.15, 0.2) is 18.2 Å². The van der Waals surface area contributed by atoms with Crippen molar-refractivity contribution in [2.75, 3.05) is 0 Å².